The number of morpholine rings is 1. The number of hydrogen-bond donors (Lipinski definition) is 2. The first-order valence-electron chi connectivity index (χ1n) is 13.2. The van der Waals surface area contributed by atoms with E-state index in [2.05, 4.69) is 47.8 Å². The third-order valence-electron chi connectivity index (χ3n) is 11.2. The minimum absolute atomic E-state index is 0.0388. The van der Waals surface area contributed by atoms with E-state index >= 15 is 0 Å². The Morgan fingerprint density at radius 1 is 0.875 bits per heavy atom. The zero-order valence-corrected chi connectivity index (χ0v) is 19.9. The molecule has 1 saturated heterocycles. The van der Waals surface area contributed by atoms with Crippen molar-refractivity contribution in [3.63, 3.8) is 0 Å². The molecule has 32 heavy (non-hydrogen) atoms. The molecule has 1 aliphatic heterocycles. The third kappa shape index (κ3) is 3.10. The molecule has 0 amide bonds. The van der Waals surface area contributed by atoms with Gasteiger partial charge in [-0.05, 0) is 91.6 Å². The van der Waals surface area contributed by atoms with Crippen LogP contribution in [0.5, 0.6) is 0 Å². The van der Waals surface area contributed by atoms with Gasteiger partial charge < -0.3 is 19.5 Å². The van der Waals surface area contributed by atoms with Gasteiger partial charge in [0.1, 0.15) is 0 Å². The van der Waals surface area contributed by atoms with Crippen molar-refractivity contribution in [1.29, 1.82) is 0 Å². The van der Waals surface area contributed by atoms with Gasteiger partial charge in [-0.15, -0.1) is 0 Å². The predicted molar refractivity (Wildman–Crippen MR) is 124 cm³/mol. The number of ether oxygens (including phenoxy) is 1. The maximum Gasteiger partial charge on any atom is 0.0803 e. The smallest absolute Gasteiger partial charge is 0.0803 e. The Morgan fingerprint density at radius 2 is 1.62 bits per heavy atom. The Balaban J connectivity index is 1.27. The van der Waals surface area contributed by atoms with Crippen LogP contribution in [0.4, 0.5) is 0 Å². The molecule has 2 heterocycles. The van der Waals surface area contributed by atoms with Crippen molar-refractivity contribution in [2.75, 3.05) is 26.3 Å². The van der Waals surface area contributed by atoms with Crippen LogP contribution < -0.4 is 0 Å². The lowest BCUT2D eigenvalue weighted by Crippen LogP contribution is -2.61. The van der Waals surface area contributed by atoms with E-state index in [0.29, 0.717) is 23.2 Å². The first-order valence-corrected chi connectivity index (χ1v) is 13.2. The third-order valence-corrected chi connectivity index (χ3v) is 11.2. The summed E-state index contributed by atoms with van der Waals surface area (Å²) in [5.74, 6) is 2.69. The number of aliphatic hydroxyl groups excluding tert-OH is 2. The highest BCUT2D eigenvalue weighted by atomic mass is 16.5. The van der Waals surface area contributed by atoms with Crippen LogP contribution in [0.25, 0.3) is 0 Å². The molecule has 10 atom stereocenters. The highest BCUT2D eigenvalue weighted by Crippen LogP contribution is 2.67. The van der Waals surface area contributed by atoms with Gasteiger partial charge in [-0.2, -0.15) is 0 Å². The van der Waals surface area contributed by atoms with Gasteiger partial charge in [0.05, 0.1) is 31.5 Å². The lowest BCUT2D eigenvalue weighted by molar-refractivity contribution is -0.158. The number of aliphatic hydroxyl groups is 2. The van der Waals surface area contributed by atoms with Crippen molar-refractivity contribution in [2.45, 2.75) is 83.1 Å². The van der Waals surface area contributed by atoms with Crippen LogP contribution in [0, 0.1) is 34.5 Å². The quantitative estimate of drug-likeness (QED) is 0.733. The number of rotatable bonds is 2. The molecule has 5 aliphatic rings. The SMILES string of the molecule is C[C@]12C[C@H](N3CCOCC3)[C@@H](O)C[C@@H]1CC[C@@H]1[C@@H]2CC[C@]2(C)[C@@H](O)[C@@H](n3cccc3)C[C@@H]12. The summed E-state index contributed by atoms with van der Waals surface area (Å²) in [6.07, 6.45) is 12.0. The van der Waals surface area contributed by atoms with Crippen molar-refractivity contribution in [2.24, 2.45) is 34.5 Å². The summed E-state index contributed by atoms with van der Waals surface area (Å²) in [4.78, 5) is 2.52. The van der Waals surface area contributed by atoms with E-state index in [4.69, 9.17) is 4.74 Å². The van der Waals surface area contributed by atoms with Crippen LogP contribution >= 0.6 is 0 Å². The molecular formula is C27H42N2O3. The van der Waals surface area contributed by atoms with E-state index in [1.54, 1.807) is 0 Å². The molecule has 2 N–H and O–H groups in total. The van der Waals surface area contributed by atoms with Crippen LogP contribution in [-0.2, 0) is 4.74 Å². The normalized spacial score (nSPS) is 51.6. The fourth-order valence-corrected chi connectivity index (χ4v) is 9.40. The maximum absolute atomic E-state index is 11.5. The summed E-state index contributed by atoms with van der Waals surface area (Å²) in [5.41, 5.74) is 0.347. The average molecular weight is 443 g/mol. The molecule has 0 unspecified atom stereocenters. The lowest BCUT2D eigenvalue weighted by Gasteiger charge is -2.62. The van der Waals surface area contributed by atoms with Gasteiger partial charge in [0.2, 0.25) is 0 Å². The number of hydrogen-bond acceptors (Lipinski definition) is 4. The second-order valence-corrected chi connectivity index (χ2v) is 12.3. The van der Waals surface area contributed by atoms with E-state index in [1.807, 2.05) is 0 Å². The molecule has 5 heteroatoms. The van der Waals surface area contributed by atoms with E-state index in [1.165, 1.54) is 19.3 Å². The van der Waals surface area contributed by atoms with E-state index in [9.17, 15) is 10.2 Å². The Labute approximate surface area is 193 Å². The molecule has 0 radical (unpaired) electrons. The van der Waals surface area contributed by atoms with Crippen molar-refractivity contribution >= 4 is 0 Å². The van der Waals surface area contributed by atoms with E-state index in [-0.39, 0.29) is 29.7 Å². The standard InChI is InChI=1S/C27H42N2O3/c1-26-8-7-20-19(21(26)16-22(25(26)31)28-9-3-4-10-28)6-5-18-15-24(30)23(17-27(18,20)2)29-11-13-32-14-12-29/h3-4,9-10,18-25,30-31H,5-8,11-17H2,1-2H3/t18-,19+,20-,21-,22-,23-,24-,25-,26-,27-/m0/s1. The van der Waals surface area contributed by atoms with Gasteiger partial charge in [-0.25, -0.2) is 0 Å². The summed E-state index contributed by atoms with van der Waals surface area (Å²) < 4.78 is 7.87. The molecule has 4 aliphatic carbocycles. The van der Waals surface area contributed by atoms with Crippen LogP contribution in [-0.4, -0.2) is 64.2 Å². The minimum Gasteiger partial charge on any atom is -0.391 e. The number of nitrogens with zero attached hydrogens (tertiary/aromatic N) is 2. The molecule has 1 aromatic rings. The van der Waals surface area contributed by atoms with Crippen LogP contribution in [0.2, 0.25) is 0 Å². The molecule has 178 valence electrons. The van der Waals surface area contributed by atoms with Crippen LogP contribution in [0.15, 0.2) is 24.5 Å². The number of aromatic nitrogens is 1. The second-order valence-electron chi connectivity index (χ2n) is 12.3. The zero-order chi connectivity index (χ0) is 22.1. The van der Waals surface area contributed by atoms with Crippen molar-refractivity contribution in [1.82, 2.24) is 9.47 Å². The van der Waals surface area contributed by atoms with Crippen LogP contribution in [0.1, 0.15) is 64.8 Å². The molecule has 5 fully saturated rings. The Hall–Kier alpha value is -0.880. The molecule has 6 rings (SSSR count). The van der Waals surface area contributed by atoms with Crippen molar-refractivity contribution in [3.05, 3.63) is 24.5 Å². The van der Waals surface area contributed by atoms with E-state index < -0.39 is 0 Å². The fourth-order valence-electron chi connectivity index (χ4n) is 9.40. The monoisotopic (exact) mass is 442 g/mol. The summed E-state index contributed by atoms with van der Waals surface area (Å²) in [5, 5.41) is 22.6. The fraction of sp³-hybridized carbons (Fsp3) is 0.852. The number of fused-ring (bicyclic) bond motifs is 5. The predicted octanol–water partition coefficient (Wildman–Crippen LogP) is 3.71. The Kier molecular flexibility index (Phi) is 5.29. The summed E-state index contributed by atoms with van der Waals surface area (Å²) in [6.45, 7) is 8.48. The van der Waals surface area contributed by atoms with Gasteiger partial charge in [0, 0.05) is 31.5 Å². The molecule has 4 saturated carbocycles. The van der Waals surface area contributed by atoms with Crippen molar-refractivity contribution < 1.29 is 14.9 Å². The molecule has 0 spiro atoms. The van der Waals surface area contributed by atoms with E-state index in [0.717, 1.165) is 57.9 Å². The first kappa shape index (κ1) is 21.6. The summed E-state index contributed by atoms with van der Waals surface area (Å²) >= 11 is 0. The molecule has 1 aromatic heterocycles. The first-order chi connectivity index (χ1) is 15.4. The highest BCUT2D eigenvalue weighted by molar-refractivity contribution is 5.14. The largest absolute Gasteiger partial charge is 0.391 e. The van der Waals surface area contributed by atoms with Gasteiger partial charge in [-0.1, -0.05) is 13.8 Å². The minimum atomic E-state index is -0.249. The second kappa shape index (κ2) is 7.83. The molecule has 0 bridgehead atoms. The van der Waals surface area contributed by atoms with Gasteiger partial charge in [0.15, 0.2) is 0 Å². The van der Waals surface area contributed by atoms with Crippen LogP contribution in [0.3, 0.4) is 0 Å². The highest BCUT2D eigenvalue weighted by Gasteiger charge is 2.63. The van der Waals surface area contributed by atoms with Gasteiger partial charge >= 0.3 is 0 Å². The zero-order valence-electron chi connectivity index (χ0n) is 19.9. The topological polar surface area (TPSA) is 57.9 Å². The van der Waals surface area contributed by atoms with Crippen molar-refractivity contribution in [3.8, 4) is 0 Å². The lowest BCUT2D eigenvalue weighted by atomic mass is 9.44. The molecular weight excluding hydrogens is 400 g/mol. The van der Waals surface area contributed by atoms with Gasteiger partial charge in [0.25, 0.3) is 0 Å². The molecule has 5 nitrogen and oxygen atoms in total. The summed E-state index contributed by atoms with van der Waals surface area (Å²) in [6, 6.07) is 4.68. The van der Waals surface area contributed by atoms with Gasteiger partial charge in [-0.3, -0.25) is 4.90 Å². The Morgan fingerprint density at radius 3 is 2.38 bits per heavy atom. The Bertz CT molecular complexity index is 808. The molecule has 0 aromatic carbocycles. The maximum atomic E-state index is 11.5. The average Bonchev–Trinajstić information content (AvgIpc) is 3.41. The summed E-state index contributed by atoms with van der Waals surface area (Å²) in [7, 11) is 0.